The van der Waals surface area contributed by atoms with Gasteiger partial charge in [0.25, 0.3) is 0 Å². The molecule has 1 N–H and O–H groups in total. The number of sulfonamides is 1. The number of rotatable bonds is 7. The Labute approximate surface area is 151 Å². The van der Waals surface area contributed by atoms with Crippen LogP contribution < -0.4 is 5.32 Å². The number of likely N-dealkylation sites (tertiary alicyclic amines) is 1. The lowest BCUT2D eigenvalue weighted by atomic mass is 10.0. The second-order valence-corrected chi connectivity index (χ2v) is 9.07. The molecule has 2 amide bonds. The minimum Gasteiger partial charge on any atom is -0.352 e. The van der Waals surface area contributed by atoms with Crippen molar-refractivity contribution in [2.75, 3.05) is 25.4 Å². The van der Waals surface area contributed by atoms with Gasteiger partial charge in [-0.1, -0.05) is 13.8 Å². The summed E-state index contributed by atoms with van der Waals surface area (Å²) in [7, 11) is -3.37. The van der Waals surface area contributed by atoms with Crippen molar-refractivity contribution in [2.24, 2.45) is 0 Å². The number of carbonyl (C=O) groups excluding carboxylic acids is 2. The van der Waals surface area contributed by atoms with E-state index in [1.807, 2.05) is 13.8 Å². The van der Waals surface area contributed by atoms with Crippen molar-refractivity contribution in [3.05, 3.63) is 0 Å². The van der Waals surface area contributed by atoms with Crippen LogP contribution in [0.3, 0.4) is 0 Å². The summed E-state index contributed by atoms with van der Waals surface area (Å²) >= 11 is 0. The van der Waals surface area contributed by atoms with Crippen molar-refractivity contribution in [3.8, 4) is 0 Å². The van der Waals surface area contributed by atoms with Gasteiger partial charge in [0.1, 0.15) is 6.04 Å². The lowest BCUT2D eigenvalue weighted by Crippen LogP contribution is -2.54. The predicted octanol–water partition coefficient (Wildman–Crippen LogP) is 1.10. The van der Waals surface area contributed by atoms with Crippen molar-refractivity contribution in [1.82, 2.24) is 14.5 Å². The Kier molecular flexibility index (Phi) is 7.25. The monoisotopic (exact) mass is 373 g/mol. The quantitative estimate of drug-likeness (QED) is 0.724. The van der Waals surface area contributed by atoms with Crippen LogP contribution in [-0.4, -0.2) is 66.9 Å². The van der Waals surface area contributed by atoms with Crippen molar-refractivity contribution in [2.45, 2.75) is 70.9 Å². The predicted molar refractivity (Wildman–Crippen MR) is 96.5 cm³/mol. The molecule has 0 spiro atoms. The Morgan fingerprint density at radius 2 is 1.80 bits per heavy atom. The maximum absolute atomic E-state index is 12.9. The standard InChI is InChI=1S/C17H31N3O4S/c1-3-7-16(21)18-14-8-5-10-19(13-14)17(22)15-9-6-11-20(15)25(23,24)12-4-2/h14-15H,3-13H2,1-2H3,(H,18,21). The molecule has 2 heterocycles. The van der Waals surface area contributed by atoms with Crippen LogP contribution in [0.15, 0.2) is 0 Å². The van der Waals surface area contributed by atoms with Gasteiger partial charge in [0.2, 0.25) is 21.8 Å². The highest BCUT2D eigenvalue weighted by atomic mass is 32.2. The lowest BCUT2D eigenvalue weighted by Gasteiger charge is -2.36. The second kappa shape index (κ2) is 8.98. The number of carbonyl (C=O) groups is 2. The van der Waals surface area contributed by atoms with E-state index in [2.05, 4.69) is 5.32 Å². The van der Waals surface area contributed by atoms with E-state index in [1.165, 1.54) is 4.31 Å². The number of piperidine rings is 1. The molecule has 2 atom stereocenters. The Hall–Kier alpha value is -1.15. The maximum atomic E-state index is 12.9. The average molecular weight is 374 g/mol. The molecular weight excluding hydrogens is 342 g/mol. The van der Waals surface area contributed by atoms with Crippen LogP contribution in [0.4, 0.5) is 0 Å². The van der Waals surface area contributed by atoms with Gasteiger partial charge in [0.15, 0.2) is 0 Å². The Bertz CT molecular complexity index is 578. The number of hydrogen-bond acceptors (Lipinski definition) is 4. The molecular formula is C17H31N3O4S. The smallest absolute Gasteiger partial charge is 0.241 e. The van der Waals surface area contributed by atoms with Crippen LogP contribution in [0.2, 0.25) is 0 Å². The van der Waals surface area contributed by atoms with Crippen molar-refractivity contribution in [3.63, 3.8) is 0 Å². The summed E-state index contributed by atoms with van der Waals surface area (Å²) in [6.07, 6.45) is 4.85. The fourth-order valence-corrected chi connectivity index (χ4v) is 5.47. The van der Waals surface area contributed by atoms with Gasteiger partial charge in [-0.15, -0.1) is 0 Å². The van der Waals surface area contributed by atoms with Crippen molar-refractivity contribution < 1.29 is 18.0 Å². The molecule has 2 aliphatic heterocycles. The first-order valence-electron chi connectivity index (χ1n) is 9.46. The zero-order valence-electron chi connectivity index (χ0n) is 15.4. The SMILES string of the molecule is CCCC(=O)NC1CCCN(C(=O)C2CCCN2S(=O)(=O)CCC)C1. The number of amides is 2. The lowest BCUT2D eigenvalue weighted by molar-refractivity contribution is -0.136. The largest absolute Gasteiger partial charge is 0.352 e. The number of nitrogens with zero attached hydrogens (tertiary/aromatic N) is 2. The summed E-state index contributed by atoms with van der Waals surface area (Å²) in [4.78, 5) is 26.5. The highest BCUT2D eigenvalue weighted by molar-refractivity contribution is 7.89. The molecule has 7 nitrogen and oxygen atoms in total. The van der Waals surface area contributed by atoms with Crippen LogP contribution in [0.5, 0.6) is 0 Å². The highest BCUT2D eigenvalue weighted by Crippen LogP contribution is 2.25. The van der Waals surface area contributed by atoms with Crippen LogP contribution in [0, 0.1) is 0 Å². The average Bonchev–Trinajstić information content (AvgIpc) is 3.05. The molecule has 8 heteroatoms. The highest BCUT2D eigenvalue weighted by Gasteiger charge is 2.40. The Morgan fingerprint density at radius 1 is 1.08 bits per heavy atom. The zero-order chi connectivity index (χ0) is 18.4. The summed E-state index contributed by atoms with van der Waals surface area (Å²) < 4.78 is 26.2. The first kappa shape index (κ1) is 20.2. The zero-order valence-corrected chi connectivity index (χ0v) is 16.2. The molecule has 2 unspecified atom stereocenters. The van der Waals surface area contributed by atoms with Gasteiger partial charge in [0, 0.05) is 32.1 Å². The van der Waals surface area contributed by atoms with Gasteiger partial charge in [-0.2, -0.15) is 4.31 Å². The van der Waals surface area contributed by atoms with Gasteiger partial charge in [0.05, 0.1) is 5.75 Å². The van der Waals surface area contributed by atoms with E-state index >= 15 is 0 Å². The molecule has 2 aliphatic rings. The maximum Gasteiger partial charge on any atom is 0.241 e. The van der Waals surface area contributed by atoms with E-state index in [-0.39, 0.29) is 23.6 Å². The van der Waals surface area contributed by atoms with Gasteiger partial charge in [-0.3, -0.25) is 9.59 Å². The van der Waals surface area contributed by atoms with Crippen LogP contribution in [0.25, 0.3) is 0 Å². The fourth-order valence-electron chi connectivity index (χ4n) is 3.73. The molecule has 144 valence electrons. The number of nitrogens with one attached hydrogen (secondary N) is 1. The van der Waals surface area contributed by atoms with Crippen LogP contribution in [-0.2, 0) is 19.6 Å². The fraction of sp³-hybridized carbons (Fsp3) is 0.882. The Morgan fingerprint density at radius 3 is 2.48 bits per heavy atom. The third-order valence-corrected chi connectivity index (χ3v) is 6.96. The minimum atomic E-state index is -3.37. The first-order valence-corrected chi connectivity index (χ1v) is 11.1. The van der Waals surface area contributed by atoms with Crippen molar-refractivity contribution >= 4 is 21.8 Å². The summed E-state index contributed by atoms with van der Waals surface area (Å²) in [6, 6.07) is -0.597. The molecule has 0 aliphatic carbocycles. The molecule has 0 saturated carbocycles. The first-order chi connectivity index (χ1) is 11.9. The molecule has 0 aromatic rings. The summed E-state index contributed by atoms with van der Waals surface area (Å²) in [5.41, 5.74) is 0. The van der Waals surface area contributed by atoms with Gasteiger partial charge in [-0.05, 0) is 38.5 Å². The number of hydrogen-bond donors (Lipinski definition) is 1. The third kappa shape index (κ3) is 5.17. The molecule has 25 heavy (non-hydrogen) atoms. The topological polar surface area (TPSA) is 86.8 Å². The third-order valence-electron chi connectivity index (χ3n) is 4.88. The molecule has 0 aromatic carbocycles. The second-order valence-electron chi connectivity index (χ2n) is 7.03. The molecule has 2 saturated heterocycles. The van der Waals surface area contributed by atoms with E-state index in [1.54, 1.807) is 4.90 Å². The minimum absolute atomic E-state index is 0.0230. The molecule has 0 radical (unpaired) electrons. The van der Waals surface area contributed by atoms with E-state index < -0.39 is 16.1 Å². The summed E-state index contributed by atoms with van der Waals surface area (Å²) in [5.74, 6) is 0.00776. The van der Waals surface area contributed by atoms with E-state index in [0.29, 0.717) is 38.9 Å². The Balaban J connectivity index is 2.00. The van der Waals surface area contributed by atoms with Crippen molar-refractivity contribution in [1.29, 1.82) is 0 Å². The van der Waals surface area contributed by atoms with Gasteiger partial charge in [-0.25, -0.2) is 8.42 Å². The van der Waals surface area contributed by atoms with Gasteiger partial charge >= 0.3 is 0 Å². The molecule has 0 aromatic heterocycles. The molecule has 2 rings (SSSR count). The molecule has 2 fully saturated rings. The normalized spacial score (nSPS) is 25.1. The molecule has 0 bridgehead atoms. The van der Waals surface area contributed by atoms with Crippen LogP contribution in [0.1, 0.15) is 58.8 Å². The van der Waals surface area contributed by atoms with E-state index in [9.17, 15) is 18.0 Å². The van der Waals surface area contributed by atoms with Crippen LogP contribution >= 0.6 is 0 Å². The summed E-state index contributed by atoms with van der Waals surface area (Å²) in [5, 5.41) is 2.99. The van der Waals surface area contributed by atoms with E-state index in [0.717, 1.165) is 25.7 Å². The van der Waals surface area contributed by atoms with Gasteiger partial charge < -0.3 is 10.2 Å². The summed E-state index contributed by atoms with van der Waals surface area (Å²) in [6.45, 7) is 5.34. The van der Waals surface area contributed by atoms with E-state index in [4.69, 9.17) is 0 Å².